The van der Waals surface area contributed by atoms with Crippen molar-refractivity contribution >= 4 is 34.1 Å². The minimum absolute atomic E-state index is 0.0117. The Morgan fingerprint density at radius 1 is 0.838 bits per heavy atom. The molecule has 6 aromatic heterocycles. The second kappa shape index (κ2) is 16.5. The quantitative estimate of drug-likeness (QED) is 0.0803. The van der Waals surface area contributed by atoms with Gasteiger partial charge in [0, 0.05) is 73.7 Å². The molecule has 8 heterocycles. The topological polar surface area (TPSA) is 207 Å². The summed E-state index contributed by atoms with van der Waals surface area (Å²) in [5, 5.41) is 11.6. The number of aromatic nitrogens is 10. The Morgan fingerprint density at radius 3 is 2.34 bits per heavy atom. The van der Waals surface area contributed by atoms with Crippen molar-refractivity contribution in [2.45, 2.75) is 71.5 Å². The first-order chi connectivity index (χ1) is 32.7. The Morgan fingerprint density at radius 2 is 1.59 bits per heavy atom. The number of pyridine rings is 2. The number of hydrogen-bond acceptors (Lipinski definition) is 10. The zero-order valence-corrected chi connectivity index (χ0v) is 38.1. The van der Waals surface area contributed by atoms with Gasteiger partial charge in [-0.3, -0.25) is 23.9 Å². The maximum atomic E-state index is 16.1. The molecule has 2 atom stereocenters. The summed E-state index contributed by atoms with van der Waals surface area (Å²) in [5.74, 6) is -0.977. The lowest BCUT2D eigenvalue weighted by atomic mass is 9.84. The molecule has 17 heteroatoms. The van der Waals surface area contributed by atoms with E-state index >= 15 is 4.39 Å². The van der Waals surface area contributed by atoms with Gasteiger partial charge in [-0.25, -0.2) is 24.3 Å². The SMILES string of the molecule is Cc1cc(-c2c(Cn3cc(-c4nc5nccc(-c6ccc(CN7CCc8cc(C(C)(C)C)ccc8C8OC87)c(F)c6)c5[nH]4)cn3)cnc3nc(-c4cnn(C)c4)[nH]c23)ccc1CNC(=O)C(N)=O. The fraction of sp³-hybridized carbons (Fsp3) is 0.255. The third kappa shape index (κ3) is 7.98. The lowest BCUT2D eigenvalue weighted by Crippen LogP contribution is -2.35. The molecule has 2 aliphatic rings. The fourth-order valence-corrected chi connectivity index (χ4v) is 9.27. The average Bonchev–Trinajstić information content (AvgIpc) is 3.69. The number of nitrogens with two attached hydrogens (primary N) is 1. The highest BCUT2D eigenvalue weighted by molar-refractivity contribution is 6.34. The minimum atomic E-state index is -1.04. The monoisotopic (exact) mass is 909 g/mol. The second-order valence-electron chi connectivity index (χ2n) is 18.7. The molecular weight excluding hydrogens is 862 g/mol. The van der Waals surface area contributed by atoms with Crippen LogP contribution in [0.5, 0.6) is 0 Å². The van der Waals surface area contributed by atoms with E-state index in [1.807, 2.05) is 67.4 Å². The molecule has 3 aromatic carbocycles. The molecule has 0 aliphatic carbocycles. The number of halogens is 1. The Balaban J connectivity index is 0.850. The lowest BCUT2D eigenvalue weighted by molar-refractivity contribution is -0.137. The van der Waals surface area contributed by atoms with E-state index in [1.54, 1.807) is 35.5 Å². The summed E-state index contributed by atoms with van der Waals surface area (Å²) in [6.07, 6.45) is 11.6. The number of ether oxygens (including phenoxy) is 1. The second-order valence-corrected chi connectivity index (χ2v) is 18.7. The molecule has 342 valence electrons. The van der Waals surface area contributed by atoms with Gasteiger partial charge in [0.25, 0.3) is 0 Å². The molecule has 0 bridgehead atoms. The molecule has 2 amide bonds. The predicted molar refractivity (Wildman–Crippen MR) is 254 cm³/mol. The van der Waals surface area contributed by atoms with Gasteiger partial charge in [0.1, 0.15) is 29.8 Å². The van der Waals surface area contributed by atoms with E-state index in [1.165, 1.54) is 16.7 Å². The number of hydrogen-bond donors (Lipinski definition) is 4. The third-order valence-corrected chi connectivity index (χ3v) is 13.1. The molecule has 1 saturated heterocycles. The van der Waals surface area contributed by atoms with Gasteiger partial charge in [0.15, 0.2) is 11.3 Å². The molecule has 68 heavy (non-hydrogen) atoms. The summed E-state index contributed by atoms with van der Waals surface area (Å²) in [6.45, 7) is 10.4. The van der Waals surface area contributed by atoms with Crippen molar-refractivity contribution in [3.8, 4) is 45.0 Å². The molecule has 16 nitrogen and oxygen atoms in total. The number of H-pyrrole nitrogens is 2. The van der Waals surface area contributed by atoms with Crippen molar-refractivity contribution in [2.75, 3.05) is 6.54 Å². The van der Waals surface area contributed by atoms with Gasteiger partial charge in [-0.2, -0.15) is 10.2 Å². The van der Waals surface area contributed by atoms with Crippen LogP contribution in [0, 0.1) is 12.7 Å². The first kappa shape index (κ1) is 42.7. The van der Waals surface area contributed by atoms with Gasteiger partial charge in [-0.15, -0.1) is 0 Å². The molecule has 0 radical (unpaired) electrons. The fourth-order valence-electron chi connectivity index (χ4n) is 9.27. The number of aryl methyl sites for hydroxylation is 2. The highest BCUT2D eigenvalue weighted by Gasteiger charge is 2.47. The predicted octanol–water partition coefficient (Wildman–Crippen LogP) is 7.18. The number of carbonyl (C=O) groups is 2. The number of nitrogens with zero attached hydrogens (tertiary/aromatic N) is 9. The van der Waals surface area contributed by atoms with Crippen LogP contribution in [-0.4, -0.2) is 79.0 Å². The molecule has 0 saturated carbocycles. The summed E-state index contributed by atoms with van der Waals surface area (Å²) in [6, 6.07) is 19.9. The molecule has 2 aliphatic heterocycles. The van der Waals surface area contributed by atoms with Crippen LogP contribution in [0.2, 0.25) is 0 Å². The summed E-state index contributed by atoms with van der Waals surface area (Å²) in [7, 11) is 1.85. The molecule has 9 aromatic rings. The standard InChI is InChI=1S/C51H48FN13O3/c1-27-16-30(7-8-31(27)19-56-49(67)44(53)66)40-33(20-55-48-42(40)60-45(62-48)34-21-57-63(5)23-34)25-65-26-35(22-58-65)46-59-41-37(12-14-54-47(41)61-46)28-6-9-32(39(52)18-28)24-64-15-13-29-17-36(51(2,3)4)10-11-38(29)43-50(64)68-43/h6-12,14,16-18,20-23,26,43,50H,13,15,19,24-25H2,1-5H3,(H2,53,66)(H,56,67)(H,54,59,61)(H,55,60,62). The van der Waals surface area contributed by atoms with Gasteiger partial charge >= 0.3 is 11.8 Å². The number of aromatic amines is 2. The number of fused-ring (bicyclic) bond motifs is 5. The number of benzene rings is 3. The molecule has 0 spiro atoms. The first-order valence-corrected chi connectivity index (χ1v) is 22.5. The molecule has 11 rings (SSSR count). The number of rotatable bonds is 10. The maximum Gasteiger partial charge on any atom is 0.309 e. The smallest absolute Gasteiger partial charge is 0.309 e. The largest absolute Gasteiger partial charge is 0.361 e. The number of primary amides is 1. The number of amides is 2. The summed E-state index contributed by atoms with van der Waals surface area (Å²) >= 11 is 0. The van der Waals surface area contributed by atoms with Crippen LogP contribution in [-0.2, 0) is 52.8 Å². The van der Waals surface area contributed by atoms with Crippen molar-refractivity contribution < 1.29 is 18.7 Å². The third-order valence-electron chi connectivity index (χ3n) is 13.1. The van der Waals surface area contributed by atoms with E-state index in [2.05, 4.69) is 69.2 Å². The number of imidazole rings is 2. The minimum Gasteiger partial charge on any atom is -0.361 e. The normalized spacial score (nSPS) is 15.9. The Hall–Kier alpha value is -7.89. The summed E-state index contributed by atoms with van der Waals surface area (Å²) in [5.41, 5.74) is 19.5. The van der Waals surface area contributed by atoms with E-state index in [0.717, 1.165) is 63.0 Å². The lowest BCUT2D eigenvalue weighted by Gasteiger charge is -2.22. The first-order valence-electron chi connectivity index (χ1n) is 22.5. The molecule has 1 fully saturated rings. The van der Waals surface area contributed by atoms with Crippen LogP contribution < -0.4 is 11.1 Å². The molecule has 5 N–H and O–H groups in total. The van der Waals surface area contributed by atoms with Crippen molar-refractivity contribution in [1.29, 1.82) is 0 Å². The molecule has 2 unspecified atom stereocenters. The van der Waals surface area contributed by atoms with E-state index in [9.17, 15) is 9.59 Å². The zero-order chi connectivity index (χ0) is 47.0. The molecular formula is C51H48FN13O3. The van der Waals surface area contributed by atoms with Gasteiger partial charge < -0.3 is 25.8 Å². The summed E-state index contributed by atoms with van der Waals surface area (Å²) in [4.78, 5) is 51.4. The number of carbonyl (C=O) groups excluding carboxylic acids is 2. The van der Waals surface area contributed by atoms with E-state index < -0.39 is 11.8 Å². The number of epoxide rings is 1. The van der Waals surface area contributed by atoms with Gasteiger partial charge in [0.05, 0.1) is 41.1 Å². The van der Waals surface area contributed by atoms with Crippen molar-refractivity contribution in [2.24, 2.45) is 12.8 Å². The highest BCUT2D eigenvalue weighted by Crippen LogP contribution is 2.46. The van der Waals surface area contributed by atoms with Crippen LogP contribution in [0.3, 0.4) is 0 Å². The average molecular weight is 910 g/mol. The zero-order valence-electron chi connectivity index (χ0n) is 38.1. The van der Waals surface area contributed by atoms with E-state index in [4.69, 9.17) is 30.5 Å². The van der Waals surface area contributed by atoms with E-state index in [-0.39, 0.29) is 30.1 Å². The highest BCUT2D eigenvalue weighted by atomic mass is 19.1. The van der Waals surface area contributed by atoms with Crippen molar-refractivity contribution in [3.05, 3.63) is 143 Å². The van der Waals surface area contributed by atoms with Crippen LogP contribution in [0.1, 0.15) is 65.8 Å². The Bertz CT molecular complexity index is 3470. The van der Waals surface area contributed by atoms with Crippen LogP contribution in [0.4, 0.5) is 4.39 Å². The van der Waals surface area contributed by atoms with Crippen molar-refractivity contribution in [1.82, 2.24) is 59.7 Å². The Labute approximate surface area is 389 Å². The van der Waals surface area contributed by atoms with Crippen LogP contribution in [0.25, 0.3) is 67.4 Å². The maximum absolute atomic E-state index is 16.1. The van der Waals surface area contributed by atoms with Gasteiger partial charge in [-0.1, -0.05) is 69.3 Å². The van der Waals surface area contributed by atoms with Crippen LogP contribution in [0.15, 0.2) is 97.8 Å². The Kier molecular flexibility index (Phi) is 10.3. The van der Waals surface area contributed by atoms with Crippen LogP contribution >= 0.6 is 0 Å². The summed E-state index contributed by atoms with van der Waals surface area (Å²) < 4.78 is 25.8. The van der Waals surface area contributed by atoms with Gasteiger partial charge in [0.2, 0.25) is 0 Å². The van der Waals surface area contributed by atoms with E-state index in [0.29, 0.717) is 52.7 Å². The van der Waals surface area contributed by atoms with Crippen molar-refractivity contribution in [3.63, 3.8) is 0 Å². The number of nitrogens with one attached hydrogen (secondary N) is 3. The van der Waals surface area contributed by atoms with Gasteiger partial charge in [-0.05, 0) is 69.8 Å².